The Kier molecular flexibility index (Phi) is 4.20. The topological polar surface area (TPSA) is 69.0 Å². The lowest BCUT2D eigenvalue weighted by atomic mass is 10.1. The van der Waals surface area contributed by atoms with E-state index >= 15 is 0 Å². The van der Waals surface area contributed by atoms with E-state index in [0.717, 1.165) is 24.5 Å². The smallest absolute Gasteiger partial charge is 0.270 e. The Hall–Kier alpha value is -2.21. The maximum absolute atomic E-state index is 12.4. The normalized spacial score (nSPS) is 21.0. The second-order valence-corrected chi connectivity index (χ2v) is 5.40. The van der Waals surface area contributed by atoms with Gasteiger partial charge in [-0.25, -0.2) is 9.97 Å². The number of nitrogens with one attached hydrogen (secondary N) is 1. The summed E-state index contributed by atoms with van der Waals surface area (Å²) in [7, 11) is 0. The minimum Gasteiger partial charge on any atom is -0.368 e. The van der Waals surface area contributed by atoms with E-state index in [0.29, 0.717) is 12.3 Å². The van der Waals surface area contributed by atoms with Gasteiger partial charge in [-0.3, -0.25) is 4.79 Å². The Bertz CT molecular complexity index is 668. The Labute approximate surface area is 129 Å². The molecule has 2 atom stereocenters. The van der Waals surface area contributed by atoms with Crippen LogP contribution in [0.4, 0.5) is 0 Å². The van der Waals surface area contributed by atoms with E-state index < -0.39 is 0 Å². The fraction of sp³-hybridized carbons (Fsp3) is 0.438. The van der Waals surface area contributed by atoms with Gasteiger partial charge in [0.05, 0.1) is 6.04 Å². The molecule has 0 aliphatic carbocycles. The zero-order valence-corrected chi connectivity index (χ0v) is 12.8. The number of pyridine rings is 1. The van der Waals surface area contributed by atoms with Crippen LogP contribution in [0, 0.1) is 6.92 Å². The molecule has 6 heteroatoms. The van der Waals surface area contributed by atoms with Crippen molar-refractivity contribution in [2.24, 2.45) is 0 Å². The van der Waals surface area contributed by atoms with E-state index in [2.05, 4.69) is 22.2 Å². The van der Waals surface area contributed by atoms with Gasteiger partial charge >= 0.3 is 0 Å². The molecule has 0 spiro atoms. The number of amides is 1. The molecule has 3 heterocycles. The predicted molar refractivity (Wildman–Crippen MR) is 81.4 cm³/mol. The van der Waals surface area contributed by atoms with Crippen molar-refractivity contribution in [1.82, 2.24) is 19.9 Å². The van der Waals surface area contributed by atoms with E-state index in [1.807, 2.05) is 29.8 Å². The first-order chi connectivity index (χ1) is 10.7. The van der Waals surface area contributed by atoms with Crippen molar-refractivity contribution in [3.63, 3.8) is 0 Å². The van der Waals surface area contributed by atoms with Crippen molar-refractivity contribution in [1.29, 1.82) is 0 Å². The molecule has 1 fully saturated rings. The van der Waals surface area contributed by atoms with Crippen molar-refractivity contribution in [3.05, 3.63) is 47.8 Å². The van der Waals surface area contributed by atoms with Gasteiger partial charge < -0.3 is 14.6 Å². The molecule has 0 unspecified atom stereocenters. The first-order valence-corrected chi connectivity index (χ1v) is 7.56. The van der Waals surface area contributed by atoms with Crippen LogP contribution in [0.25, 0.3) is 0 Å². The summed E-state index contributed by atoms with van der Waals surface area (Å²) in [4.78, 5) is 21.0. The van der Waals surface area contributed by atoms with Gasteiger partial charge in [0.2, 0.25) is 0 Å². The largest absolute Gasteiger partial charge is 0.368 e. The summed E-state index contributed by atoms with van der Waals surface area (Å²) < 4.78 is 7.84. The Balaban J connectivity index is 1.75. The van der Waals surface area contributed by atoms with Crippen LogP contribution in [-0.2, 0) is 11.3 Å². The van der Waals surface area contributed by atoms with E-state index in [1.54, 1.807) is 12.3 Å². The summed E-state index contributed by atoms with van der Waals surface area (Å²) in [6.07, 6.45) is 4.27. The van der Waals surface area contributed by atoms with Gasteiger partial charge in [-0.2, -0.15) is 0 Å². The van der Waals surface area contributed by atoms with Gasteiger partial charge in [-0.15, -0.1) is 0 Å². The third-order valence-corrected chi connectivity index (χ3v) is 3.87. The molecule has 1 saturated heterocycles. The lowest BCUT2D eigenvalue weighted by molar-refractivity contribution is 0.0772. The molecule has 3 rings (SSSR count). The molecule has 1 amide bonds. The lowest BCUT2D eigenvalue weighted by Gasteiger charge is -2.20. The van der Waals surface area contributed by atoms with Crippen LogP contribution in [0.1, 0.15) is 41.5 Å². The molecule has 0 bridgehead atoms. The summed E-state index contributed by atoms with van der Waals surface area (Å²) in [6.45, 7) is 5.38. The molecular weight excluding hydrogens is 280 g/mol. The number of rotatable bonds is 4. The fourth-order valence-corrected chi connectivity index (χ4v) is 2.75. The van der Waals surface area contributed by atoms with Gasteiger partial charge in [0, 0.05) is 31.2 Å². The Morgan fingerprint density at radius 2 is 2.36 bits per heavy atom. The zero-order valence-electron chi connectivity index (χ0n) is 12.8. The van der Waals surface area contributed by atoms with Crippen LogP contribution in [-0.4, -0.2) is 33.1 Å². The number of ether oxygens (including phenoxy) is 1. The highest BCUT2D eigenvalue weighted by Crippen LogP contribution is 2.28. The first kappa shape index (κ1) is 14.7. The minimum absolute atomic E-state index is 0.0810. The number of aromatic nitrogens is 3. The number of nitrogens with zero attached hydrogens (tertiary/aromatic N) is 3. The molecule has 22 heavy (non-hydrogen) atoms. The molecule has 6 nitrogen and oxygen atoms in total. The average molecular weight is 300 g/mol. The van der Waals surface area contributed by atoms with E-state index in [4.69, 9.17) is 4.74 Å². The van der Waals surface area contributed by atoms with Crippen molar-refractivity contribution < 1.29 is 9.53 Å². The number of hydrogen-bond acceptors (Lipinski definition) is 4. The van der Waals surface area contributed by atoms with Gasteiger partial charge in [0.1, 0.15) is 17.6 Å². The van der Waals surface area contributed by atoms with Crippen molar-refractivity contribution in [2.45, 2.75) is 39.0 Å². The van der Waals surface area contributed by atoms with Crippen LogP contribution in [0.5, 0.6) is 0 Å². The highest BCUT2D eigenvalue weighted by Gasteiger charge is 2.34. The van der Waals surface area contributed by atoms with E-state index in [-0.39, 0.29) is 18.1 Å². The third kappa shape index (κ3) is 2.87. The standard InChI is InChI=1S/C16H20N4O2/c1-3-20-9-8-17-15(20)14-12(7-10-22-14)19-16(21)13-6-4-5-11(2)18-13/h4-6,8-9,12,14H,3,7,10H2,1-2H3,(H,19,21)/t12-,14-/m0/s1. The highest BCUT2D eigenvalue weighted by atomic mass is 16.5. The van der Waals surface area contributed by atoms with Gasteiger partial charge in [0.15, 0.2) is 0 Å². The van der Waals surface area contributed by atoms with Gasteiger partial charge in [-0.05, 0) is 32.4 Å². The van der Waals surface area contributed by atoms with Crippen molar-refractivity contribution in [2.75, 3.05) is 6.61 Å². The quantitative estimate of drug-likeness (QED) is 0.936. The lowest BCUT2D eigenvalue weighted by Crippen LogP contribution is -2.38. The maximum Gasteiger partial charge on any atom is 0.270 e. The molecule has 0 saturated carbocycles. The van der Waals surface area contributed by atoms with Gasteiger partial charge in [-0.1, -0.05) is 6.07 Å². The maximum atomic E-state index is 12.4. The summed E-state index contributed by atoms with van der Waals surface area (Å²) in [5.74, 6) is 0.696. The van der Waals surface area contributed by atoms with Crippen LogP contribution < -0.4 is 5.32 Å². The van der Waals surface area contributed by atoms with Crippen molar-refractivity contribution in [3.8, 4) is 0 Å². The van der Waals surface area contributed by atoms with E-state index in [9.17, 15) is 4.79 Å². The Morgan fingerprint density at radius 1 is 1.50 bits per heavy atom. The number of carbonyl (C=O) groups excluding carboxylic acids is 1. The first-order valence-electron chi connectivity index (χ1n) is 7.56. The second kappa shape index (κ2) is 6.27. The third-order valence-electron chi connectivity index (χ3n) is 3.87. The summed E-state index contributed by atoms with van der Waals surface area (Å²) in [6, 6.07) is 5.35. The zero-order chi connectivity index (χ0) is 15.5. The Morgan fingerprint density at radius 3 is 3.14 bits per heavy atom. The fourth-order valence-electron chi connectivity index (χ4n) is 2.75. The number of aryl methyl sites for hydroxylation is 2. The summed E-state index contributed by atoms with van der Waals surface area (Å²) >= 11 is 0. The van der Waals surface area contributed by atoms with Gasteiger partial charge in [0.25, 0.3) is 5.91 Å². The molecule has 0 radical (unpaired) electrons. The van der Waals surface area contributed by atoms with Crippen LogP contribution in [0.3, 0.4) is 0 Å². The molecule has 116 valence electrons. The average Bonchev–Trinajstić information content (AvgIpc) is 3.15. The SMILES string of the molecule is CCn1ccnc1[C@H]1OCC[C@@H]1NC(=O)c1cccc(C)n1. The second-order valence-electron chi connectivity index (χ2n) is 5.40. The number of hydrogen-bond donors (Lipinski definition) is 1. The predicted octanol–water partition coefficient (Wildman–Crippen LogP) is 1.87. The molecular formula is C16H20N4O2. The van der Waals surface area contributed by atoms with Crippen LogP contribution in [0.15, 0.2) is 30.6 Å². The number of imidazole rings is 1. The molecule has 0 aromatic carbocycles. The number of carbonyl (C=O) groups is 1. The molecule has 1 aliphatic heterocycles. The summed E-state index contributed by atoms with van der Waals surface area (Å²) in [5, 5.41) is 3.03. The molecule has 2 aromatic heterocycles. The monoisotopic (exact) mass is 300 g/mol. The highest BCUT2D eigenvalue weighted by molar-refractivity contribution is 5.92. The van der Waals surface area contributed by atoms with Crippen molar-refractivity contribution >= 4 is 5.91 Å². The molecule has 2 aromatic rings. The summed E-state index contributed by atoms with van der Waals surface area (Å²) in [5.41, 5.74) is 1.26. The molecule has 1 N–H and O–H groups in total. The van der Waals surface area contributed by atoms with E-state index in [1.165, 1.54) is 0 Å². The van der Waals surface area contributed by atoms with Crippen LogP contribution >= 0.6 is 0 Å². The van der Waals surface area contributed by atoms with Crippen LogP contribution in [0.2, 0.25) is 0 Å². The minimum atomic E-state index is -0.205. The molecule has 1 aliphatic rings.